The molecule has 0 radical (unpaired) electrons. The molecule has 1 saturated heterocycles. The first kappa shape index (κ1) is 14.0. The van der Waals surface area contributed by atoms with Gasteiger partial charge in [0.25, 0.3) is 0 Å². The number of nitrogens with zero attached hydrogens (tertiary/aromatic N) is 1. The molecular formula is C11H16ClNO4. The third kappa shape index (κ3) is 2.79. The molecule has 3 atom stereocenters. The maximum atomic E-state index is 11.7. The molecule has 6 heteroatoms. The highest BCUT2D eigenvalue weighted by Crippen LogP contribution is 2.29. The van der Waals surface area contributed by atoms with Crippen LogP contribution in [0.2, 0.25) is 0 Å². The number of carbonyl (C=O) groups excluding carboxylic acids is 2. The molecule has 0 aromatic rings. The van der Waals surface area contributed by atoms with Crippen molar-refractivity contribution < 1.29 is 19.4 Å². The van der Waals surface area contributed by atoms with Crippen LogP contribution in [0.25, 0.3) is 0 Å². The number of carbonyl (C=O) groups is 2. The van der Waals surface area contributed by atoms with Crippen LogP contribution in [-0.2, 0) is 14.3 Å². The van der Waals surface area contributed by atoms with Gasteiger partial charge in [-0.25, -0.2) is 4.79 Å². The number of allylic oxidation sites excluding steroid dienone is 1. The minimum absolute atomic E-state index is 0.101. The Morgan fingerprint density at radius 1 is 1.65 bits per heavy atom. The van der Waals surface area contributed by atoms with Crippen molar-refractivity contribution in [1.82, 2.24) is 4.90 Å². The van der Waals surface area contributed by atoms with E-state index in [2.05, 4.69) is 11.3 Å². The number of ether oxygens (including phenoxy) is 1. The van der Waals surface area contributed by atoms with Crippen molar-refractivity contribution in [1.29, 1.82) is 0 Å². The number of hydrogen-bond donors (Lipinski definition) is 1. The fourth-order valence-corrected chi connectivity index (χ4v) is 2.28. The summed E-state index contributed by atoms with van der Waals surface area (Å²) in [7, 11) is 1.25. The Balaban J connectivity index is 2.95. The fraction of sp³-hybridized carbons (Fsp3) is 0.636. The van der Waals surface area contributed by atoms with E-state index in [0.717, 1.165) is 0 Å². The number of β-amino-alcohol motifs (C(OH)–C–C–N with tert-alkyl or cyclic N) is 1. The summed E-state index contributed by atoms with van der Waals surface area (Å²) in [5.74, 6) is -1.52. The number of alkyl halides is 1. The Morgan fingerprint density at radius 2 is 2.29 bits per heavy atom. The molecule has 1 amide bonds. The molecule has 0 aliphatic carbocycles. The second-order valence-corrected chi connectivity index (χ2v) is 4.17. The van der Waals surface area contributed by atoms with Crippen LogP contribution in [0.1, 0.15) is 6.42 Å². The molecule has 1 fully saturated rings. The zero-order valence-corrected chi connectivity index (χ0v) is 10.4. The predicted octanol–water partition coefficient (Wildman–Crippen LogP) is 0.162. The van der Waals surface area contributed by atoms with E-state index in [9.17, 15) is 14.7 Å². The number of esters is 1. The molecule has 0 saturated carbocycles. The number of methoxy groups -OCH3 is 1. The minimum atomic E-state index is -0.778. The first-order valence-corrected chi connectivity index (χ1v) is 5.82. The Hall–Kier alpha value is -1.07. The maximum absolute atomic E-state index is 11.7. The van der Waals surface area contributed by atoms with Gasteiger partial charge in [0, 0.05) is 12.5 Å². The van der Waals surface area contributed by atoms with Crippen LogP contribution in [0.4, 0.5) is 0 Å². The lowest BCUT2D eigenvalue weighted by Crippen LogP contribution is -2.44. The van der Waals surface area contributed by atoms with E-state index >= 15 is 0 Å². The predicted molar refractivity (Wildman–Crippen MR) is 62.5 cm³/mol. The number of likely N-dealkylation sites (tertiary alicyclic amines) is 1. The molecule has 5 nitrogen and oxygen atoms in total. The van der Waals surface area contributed by atoms with Gasteiger partial charge in [-0.1, -0.05) is 6.08 Å². The van der Waals surface area contributed by atoms with Crippen molar-refractivity contribution >= 4 is 23.5 Å². The number of hydrogen-bond acceptors (Lipinski definition) is 4. The molecule has 1 aliphatic rings. The van der Waals surface area contributed by atoms with E-state index in [1.165, 1.54) is 12.0 Å². The van der Waals surface area contributed by atoms with Crippen molar-refractivity contribution in [2.24, 2.45) is 5.92 Å². The Kier molecular flexibility index (Phi) is 4.96. The molecule has 0 spiro atoms. The average molecular weight is 262 g/mol. The van der Waals surface area contributed by atoms with Crippen LogP contribution >= 0.6 is 11.6 Å². The molecule has 0 aromatic carbocycles. The fourth-order valence-electron chi connectivity index (χ4n) is 2.13. The summed E-state index contributed by atoms with van der Waals surface area (Å²) >= 11 is 5.47. The van der Waals surface area contributed by atoms with Crippen molar-refractivity contribution in [3.05, 3.63) is 12.7 Å². The van der Waals surface area contributed by atoms with Crippen LogP contribution < -0.4 is 0 Å². The van der Waals surface area contributed by atoms with E-state index in [1.807, 2.05) is 0 Å². The van der Waals surface area contributed by atoms with Crippen LogP contribution in [-0.4, -0.2) is 53.6 Å². The number of halogens is 1. The minimum Gasteiger partial charge on any atom is -0.467 e. The number of aliphatic hydroxyl groups is 1. The van der Waals surface area contributed by atoms with Gasteiger partial charge in [-0.2, -0.15) is 0 Å². The average Bonchev–Trinajstić information content (AvgIpc) is 2.65. The Labute approximate surface area is 105 Å². The van der Waals surface area contributed by atoms with Crippen molar-refractivity contribution in [2.45, 2.75) is 18.6 Å². The Morgan fingerprint density at radius 3 is 2.76 bits per heavy atom. The molecule has 0 unspecified atom stereocenters. The van der Waals surface area contributed by atoms with Gasteiger partial charge < -0.3 is 14.7 Å². The lowest BCUT2D eigenvalue weighted by atomic mass is 9.94. The standard InChI is InChI=1S/C11H16ClNO4/c1-3-4-7-8(14)6-13(9(15)5-12)10(7)11(16)17-2/h3,7-8,10,14H,1,4-6H2,2H3/t7-,8-,10+/m0/s1. The number of amides is 1. The SMILES string of the molecule is C=CC[C@H]1[C@@H](O)CN(C(=O)CCl)[C@H]1C(=O)OC. The van der Waals surface area contributed by atoms with Crippen molar-refractivity contribution in [3.63, 3.8) is 0 Å². The highest BCUT2D eigenvalue weighted by Gasteiger charge is 2.46. The van der Waals surface area contributed by atoms with Gasteiger partial charge in [-0.05, 0) is 6.42 Å². The van der Waals surface area contributed by atoms with Gasteiger partial charge in [0.05, 0.1) is 13.2 Å². The van der Waals surface area contributed by atoms with Crippen LogP contribution in [0, 0.1) is 5.92 Å². The smallest absolute Gasteiger partial charge is 0.328 e. The lowest BCUT2D eigenvalue weighted by molar-refractivity contribution is -0.151. The maximum Gasteiger partial charge on any atom is 0.328 e. The molecule has 0 bridgehead atoms. The molecule has 96 valence electrons. The first-order chi connectivity index (χ1) is 8.06. The second-order valence-electron chi connectivity index (χ2n) is 3.90. The summed E-state index contributed by atoms with van der Waals surface area (Å²) in [6, 6.07) is -0.778. The summed E-state index contributed by atoms with van der Waals surface area (Å²) in [5.41, 5.74) is 0. The highest BCUT2D eigenvalue weighted by atomic mass is 35.5. The topological polar surface area (TPSA) is 66.8 Å². The third-order valence-electron chi connectivity index (χ3n) is 2.94. The monoisotopic (exact) mass is 261 g/mol. The molecule has 1 heterocycles. The summed E-state index contributed by atoms with van der Waals surface area (Å²) in [6.07, 6.45) is 1.29. The van der Waals surface area contributed by atoms with E-state index in [1.54, 1.807) is 6.08 Å². The molecule has 1 rings (SSSR count). The Bertz CT molecular complexity index is 321. The normalized spacial score (nSPS) is 27.9. The lowest BCUT2D eigenvalue weighted by Gasteiger charge is -2.24. The van der Waals surface area contributed by atoms with E-state index in [-0.39, 0.29) is 24.2 Å². The van der Waals surface area contributed by atoms with Crippen LogP contribution in [0.5, 0.6) is 0 Å². The molecule has 1 N–H and O–H groups in total. The van der Waals surface area contributed by atoms with Crippen molar-refractivity contribution in [2.75, 3.05) is 19.5 Å². The highest BCUT2D eigenvalue weighted by molar-refractivity contribution is 6.27. The van der Waals surface area contributed by atoms with Gasteiger partial charge in [0.15, 0.2) is 0 Å². The number of aliphatic hydroxyl groups excluding tert-OH is 1. The third-order valence-corrected chi connectivity index (χ3v) is 3.16. The molecular weight excluding hydrogens is 246 g/mol. The zero-order valence-electron chi connectivity index (χ0n) is 9.63. The summed E-state index contributed by atoms with van der Waals surface area (Å²) < 4.78 is 4.66. The zero-order chi connectivity index (χ0) is 13.0. The quantitative estimate of drug-likeness (QED) is 0.445. The van der Waals surface area contributed by atoms with E-state index in [0.29, 0.717) is 6.42 Å². The molecule has 0 aromatic heterocycles. The second kappa shape index (κ2) is 6.02. The number of rotatable bonds is 4. The molecule has 1 aliphatic heterocycles. The molecule has 17 heavy (non-hydrogen) atoms. The van der Waals surface area contributed by atoms with Gasteiger partial charge in [0.2, 0.25) is 5.91 Å². The largest absolute Gasteiger partial charge is 0.467 e. The summed E-state index contributed by atoms with van der Waals surface area (Å²) in [5, 5.41) is 9.86. The van der Waals surface area contributed by atoms with Gasteiger partial charge in [0.1, 0.15) is 11.9 Å². The van der Waals surface area contributed by atoms with Gasteiger partial charge in [-0.15, -0.1) is 18.2 Å². The summed E-state index contributed by atoms with van der Waals surface area (Å²) in [6.45, 7) is 3.68. The van der Waals surface area contributed by atoms with Gasteiger partial charge in [-0.3, -0.25) is 4.79 Å². The van der Waals surface area contributed by atoms with Crippen LogP contribution in [0.15, 0.2) is 12.7 Å². The van der Waals surface area contributed by atoms with Gasteiger partial charge >= 0.3 is 5.97 Å². The summed E-state index contributed by atoms with van der Waals surface area (Å²) in [4.78, 5) is 24.5. The van der Waals surface area contributed by atoms with E-state index < -0.39 is 18.1 Å². The van der Waals surface area contributed by atoms with Crippen LogP contribution in [0.3, 0.4) is 0 Å². The van der Waals surface area contributed by atoms with Crippen molar-refractivity contribution in [3.8, 4) is 0 Å². The first-order valence-electron chi connectivity index (χ1n) is 5.29. The van der Waals surface area contributed by atoms with E-state index in [4.69, 9.17) is 11.6 Å².